The highest BCUT2D eigenvalue weighted by Gasteiger charge is 2.05. The summed E-state index contributed by atoms with van der Waals surface area (Å²) in [5.41, 5.74) is 2.90. The van der Waals surface area contributed by atoms with Gasteiger partial charge in [-0.1, -0.05) is 30.3 Å². The molecule has 5 heteroatoms. The number of hydrogen-bond acceptors (Lipinski definition) is 2. The molecular formula is C17H16BrN3O. The third-order valence-electron chi connectivity index (χ3n) is 3.42. The first-order chi connectivity index (χ1) is 10.7. The average molecular weight is 358 g/mol. The summed E-state index contributed by atoms with van der Waals surface area (Å²) in [5.74, 6) is 0.0436. The van der Waals surface area contributed by atoms with Crippen LogP contribution in [0.15, 0.2) is 59.3 Å². The van der Waals surface area contributed by atoms with Crippen molar-refractivity contribution in [2.75, 3.05) is 0 Å². The molecule has 2 aromatic heterocycles. The van der Waals surface area contributed by atoms with Gasteiger partial charge in [-0.3, -0.25) is 4.79 Å². The van der Waals surface area contributed by atoms with Crippen molar-refractivity contribution in [2.24, 2.45) is 0 Å². The molecule has 4 nitrogen and oxygen atoms in total. The van der Waals surface area contributed by atoms with Gasteiger partial charge in [-0.05, 0) is 40.0 Å². The molecule has 0 aliphatic rings. The largest absolute Gasteiger partial charge is 0.350 e. The number of imidazole rings is 1. The number of amides is 1. The van der Waals surface area contributed by atoms with E-state index in [4.69, 9.17) is 0 Å². The third-order valence-corrected chi connectivity index (χ3v) is 3.88. The fourth-order valence-electron chi connectivity index (χ4n) is 2.28. The number of pyridine rings is 1. The quantitative estimate of drug-likeness (QED) is 0.760. The number of nitrogens with zero attached hydrogens (tertiary/aromatic N) is 2. The Morgan fingerprint density at radius 3 is 2.77 bits per heavy atom. The number of rotatable bonds is 5. The summed E-state index contributed by atoms with van der Waals surface area (Å²) in [4.78, 5) is 16.4. The van der Waals surface area contributed by atoms with Crippen molar-refractivity contribution in [3.63, 3.8) is 0 Å². The number of aryl methyl sites for hydroxylation is 1. The van der Waals surface area contributed by atoms with E-state index in [-0.39, 0.29) is 5.91 Å². The first-order valence-electron chi connectivity index (χ1n) is 7.14. The zero-order valence-electron chi connectivity index (χ0n) is 12.0. The van der Waals surface area contributed by atoms with Gasteiger partial charge in [-0.25, -0.2) is 4.98 Å². The predicted octanol–water partition coefficient (Wildman–Crippen LogP) is 3.35. The highest BCUT2D eigenvalue weighted by molar-refractivity contribution is 9.10. The molecule has 112 valence electrons. The molecule has 22 heavy (non-hydrogen) atoms. The van der Waals surface area contributed by atoms with Crippen molar-refractivity contribution in [1.29, 1.82) is 0 Å². The van der Waals surface area contributed by atoms with E-state index in [0.717, 1.165) is 22.2 Å². The number of carbonyl (C=O) groups is 1. The standard InChI is InChI=1S/C17H16BrN3O/c18-14-7-8-16-20-15(12-21(16)11-14)10-19-17(22)9-6-13-4-2-1-3-5-13/h1-5,7-8,11-12H,6,9-10H2,(H,19,22). The van der Waals surface area contributed by atoms with Crippen LogP contribution in [0.2, 0.25) is 0 Å². The summed E-state index contributed by atoms with van der Waals surface area (Å²) < 4.78 is 2.94. The van der Waals surface area contributed by atoms with Gasteiger partial charge in [0.2, 0.25) is 5.91 Å². The molecule has 0 saturated carbocycles. The van der Waals surface area contributed by atoms with Crippen LogP contribution >= 0.6 is 15.9 Å². The molecule has 0 aliphatic carbocycles. The number of nitrogens with one attached hydrogen (secondary N) is 1. The molecule has 0 fully saturated rings. The summed E-state index contributed by atoms with van der Waals surface area (Å²) in [6.45, 7) is 0.451. The second-order valence-electron chi connectivity index (χ2n) is 5.11. The minimum atomic E-state index is 0.0436. The van der Waals surface area contributed by atoms with E-state index in [0.29, 0.717) is 13.0 Å². The Balaban J connectivity index is 1.53. The molecule has 0 spiro atoms. The molecular weight excluding hydrogens is 342 g/mol. The van der Waals surface area contributed by atoms with Crippen molar-refractivity contribution in [3.8, 4) is 0 Å². The maximum absolute atomic E-state index is 11.9. The average Bonchev–Trinajstić information content (AvgIpc) is 2.94. The zero-order chi connectivity index (χ0) is 15.4. The zero-order valence-corrected chi connectivity index (χ0v) is 13.6. The summed E-state index contributed by atoms with van der Waals surface area (Å²) in [6.07, 6.45) is 5.12. The lowest BCUT2D eigenvalue weighted by Gasteiger charge is -2.03. The molecule has 1 N–H and O–H groups in total. The topological polar surface area (TPSA) is 46.4 Å². The van der Waals surface area contributed by atoms with Crippen LogP contribution in [0.4, 0.5) is 0 Å². The molecule has 3 aromatic rings. The lowest BCUT2D eigenvalue weighted by molar-refractivity contribution is -0.121. The van der Waals surface area contributed by atoms with Gasteiger partial charge in [0.1, 0.15) is 5.65 Å². The molecule has 3 rings (SSSR count). The van der Waals surface area contributed by atoms with E-state index in [1.807, 2.05) is 59.3 Å². The Kier molecular flexibility index (Phi) is 4.53. The van der Waals surface area contributed by atoms with Crippen LogP contribution < -0.4 is 5.32 Å². The highest BCUT2D eigenvalue weighted by atomic mass is 79.9. The van der Waals surface area contributed by atoms with E-state index in [9.17, 15) is 4.79 Å². The molecule has 0 aliphatic heterocycles. The Bertz CT molecular complexity index is 783. The van der Waals surface area contributed by atoms with Gasteiger partial charge in [-0.15, -0.1) is 0 Å². The highest BCUT2D eigenvalue weighted by Crippen LogP contribution is 2.12. The van der Waals surface area contributed by atoms with Gasteiger partial charge < -0.3 is 9.72 Å². The van der Waals surface area contributed by atoms with Crippen molar-refractivity contribution in [3.05, 3.63) is 70.6 Å². The number of hydrogen-bond donors (Lipinski definition) is 1. The summed E-state index contributed by atoms with van der Waals surface area (Å²) in [7, 11) is 0. The number of benzene rings is 1. The van der Waals surface area contributed by atoms with Gasteiger partial charge in [0.05, 0.1) is 12.2 Å². The van der Waals surface area contributed by atoms with Gasteiger partial charge in [0, 0.05) is 23.3 Å². The minimum absolute atomic E-state index is 0.0436. The third kappa shape index (κ3) is 3.74. The van der Waals surface area contributed by atoms with Crippen LogP contribution in [0.1, 0.15) is 17.7 Å². The van der Waals surface area contributed by atoms with Gasteiger partial charge in [0.15, 0.2) is 0 Å². The van der Waals surface area contributed by atoms with E-state index in [1.165, 1.54) is 5.56 Å². The van der Waals surface area contributed by atoms with Crippen molar-refractivity contribution < 1.29 is 4.79 Å². The molecule has 0 bridgehead atoms. The van der Waals surface area contributed by atoms with E-state index < -0.39 is 0 Å². The first-order valence-corrected chi connectivity index (χ1v) is 7.94. The van der Waals surface area contributed by atoms with Crippen LogP contribution in [0.3, 0.4) is 0 Å². The van der Waals surface area contributed by atoms with Crippen molar-refractivity contribution in [1.82, 2.24) is 14.7 Å². The second kappa shape index (κ2) is 6.75. The van der Waals surface area contributed by atoms with Crippen LogP contribution in [-0.4, -0.2) is 15.3 Å². The first kappa shape index (κ1) is 14.8. The van der Waals surface area contributed by atoms with E-state index in [2.05, 4.69) is 26.2 Å². The minimum Gasteiger partial charge on any atom is -0.350 e. The van der Waals surface area contributed by atoms with Crippen molar-refractivity contribution >= 4 is 27.5 Å². The number of halogens is 1. The monoisotopic (exact) mass is 357 g/mol. The fourth-order valence-corrected chi connectivity index (χ4v) is 2.64. The predicted molar refractivity (Wildman–Crippen MR) is 89.5 cm³/mol. The van der Waals surface area contributed by atoms with Crippen LogP contribution in [-0.2, 0) is 17.8 Å². The molecule has 0 atom stereocenters. The molecule has 2 heterocycles. The Morgan fingerprint density at radius 2 is 1.95 bits per heavy atom. The molecule has 0 radical (unpaired) electrons. The summed E-state index contributed by atoms with van der Waals surface area (Å²) in [6, 6.07) is 13.9. The number of aromatic nitrogens is 2. The fraction of sp³-hybridized carbons (Fsp3) is 0.176. The number of carbonyl (C=O) groups excluding carboxylic acids is 1. The summed E-state index contributed by atoms with van der Waals surface area (Å²) in [5, 5.41) is 2.92. The Labute approximate surface area is 137 Å². The lowest BCUT2D eigenvalue weighted by Crippen LogP contribution is -2.23. The van der Waals surface area contributed by atoms with Gasteiger partial charge in [-0.2, -0.15) is 0 Å². The van der Waals surface area contributed by atoms with Crippen molar-refractivity contribution in [2.45, 2.75) is 19.4 Å². The molecule has 1 aromatic carbocycles. The molecule has 1 amide bonds. The Hall–Kier alpha value is -2.14. The molecule has 0 unspecified atom stereocenters. The summed E-state index contributed by atoms with van der Waals surface area (Å²) >= 11 is 3.43. The smallest absolute Gasteiger partial charge is 0.220 e. The maximum atomic E-state index is 11.9. The maximum Gasteiger partial charge on any atom is 0.220 e. The second-order valence-corrected chi connectivity index (χ2v) is 6.02. The van der Waals surface area contributed by atoms with Crippen LogP contribution in [0, 0.1) is 0 Å². The van der Waals surface area contributed by atoms with Crippen LogP contribution in [0.5, 0.6) is 0 Å². The lowest BCUT2D eigenvalue weighted by atomic mass is 10.1. The Morgan fingerprint density at radius 1 is 1.14 bits per heavy atom. The van der Waals surface area contributed by atoms with Gasteiger partial charge >= 0.3 is 0 Å². The van der Waals surface area contributed by atoms with Gasteiger partial charge in [0.25, 0.3) is 0 Å². The molecule has 0 saturated heterocycles. The van der Waals surface area contributed by atoms with E-state index >= 15 is 0 Å². The SMILES string of the molecule is O=C(CCc1ccccc1)NCc1cn2cc(Br)ccc2n1. The van der Waals surface area contributed by atoms with Crippen LogP contribution in [0.25, 0.3) is 5.65 Å². The van der Waals surface area contributed by atoms with E-state index in [1.54, 1.807) is 0 Å². The number of fused-ring (bicyclic) bond motifs is 1. The normalized spacial score (nSPS) is 10.8.